The maximum absolute atomic E-state index is 13.0. The van der Waals surface area contributed by atoms with Crippen LogP contribution in [0.25, 0.3) is 0 Å². The topological polar surface area (TPSA) is 105 Å². The van der Waals surface area contributed by atoms with E-state index < -0.39 is 20.0 Å². The standard InChI is InChI=1S/C69H127N2O6P/c1-6-8-10-12-14-16-18-20-22-24-26-28-30-32-34-35-37-38-40-42-44-46-48-50-52-54-56-58-60-62-68(72)67(66-77-78(74,75)76-65-64-71(3,4)5)70-69(73)63-61-59-57-55-53-51-49-47-45-43-41-39-36-33-31-29-27-25-23-21-19-17-15-13-11-9-7-2/h9,11,15,17,21,23,27,29,33,36,52,54,60,62,67-68,72H,6-8,10,12-14,16,18-20,22,24-26,28,30-32,34-35,37-51,53,55-59,61,63-66H2,1-5H3,(H-,70,73,74,75)/p+1/b11-9-,17-15-,23-21-,29-27-,36-33-,54-52+,62-60+. The van der Waals surface area contributed by atoms with Crippen LogP contribution in [0, 0.1) is 0 Å². The molecule has 8 nitrogen and oxygen atoms in total. The fraction of sp³-hybridized carbons (Fsp3) is 0.783. The molecule has 3 atom stereocenters. The van der Waals surface area contributed by atoms with Gasteiger partial charge in [-0.3, -0.25) is 13.8 Å². The summed E-state index contributed by atoms with van der Waals surface area (Å²) in [6.45, 7) is 4.71. The molecular weight excluding hydrogens is 984 g/mol. The SMILES string of the molecule is CC/C=C\C/C=C\C/C=C\C/C=C\C/C=C\CCCCCCCCCCCCCC(=O)NC(COP(=O)(O)OCC[N+](C)(C)C)C(O)/C=C/CC/C=C/CCCCCCCCCCCCCCCCCCCCCCCCC. The van der Waals surface area contributed by atoms with Gasteiger partial charge in [-0.25, -0.2) is 4.57 Å². The van der Waals surface area contributed by atoms with Crippen molar-refractivity contribution < 1.29 is 32.9 Å². The lowest BCUT2D eigenvalue weighted by molar-refractivity contribution is -0.870. The van der Waals surface area contributed by atoms with E-state index in [1.807, 2.05) is 27.2 Å². The van der Waals surface area contributed by atoms with Crippen molar-refractivity contribution in [3.63, 3.8) is 0 Å². The van der Waals surface area contributed by atoms with Gasteiger partial charge >= 0.3 is 7.82 Å². The number of phosphoric acid groups is 1. The molecule has 9 heteroatoms. The molecule has 0 aromatic rings. The molecule has 0 aliphatic heterocycles. The van der Waals surface area contributed by atoms with Crippen molar-refractivity contribution in [1.29, 1.82) is 0 Å². The molecule has 3 N–H and O–H groups in total. The Labute approximate surface area is 484 Å². The van der Waals surface area contributed by atoms with Crippen molar-refractivity contribution in [1.82, 2.24) is 5.32 Å². The van der Waals surface area contributed by atoms with Gasteiger partial charge in [-0.15, -0.1) is 0 Å². The molecule has 0 spiro atoms. The lowest BCUT2D eigenvalue weighted by atomic mass is 10.0. The van der Waals surface area contributed by atoms with Crippen LogP contribution < -0.4 is 5.32 Å². The number of likely N-dealkylation sites (N-methyl/N-ethyl adjacent to an activating group) is 1. The van der Waals surface area contributed by atoms with Crippen molar-refractivity contribution in [2.45, 2.75) is 309 Å². The van der Waals surface area contributed by atoms with Crippen LogP contribution in [0.4, 0.5) is 0 Å². The lowest BCUT2D eigenvalue weighted by Gasteiger charge is -2.25. The minimum Gasteiger partial charge on any atom is -0.387 e. The predicted octanol–water partition coefficient (Wildman–Crippen LogP) is 20.8. The summed E-state index contributed by atoms with van der Waals surface area (Å²) < 4.78 is 23.8. The van der Waals surface area contributed by atoms with Crippen LogP contribution in [-0.4, -0.2) is 73.4 Å². The van der Waals surface area contributed by atoms with Crippen LogP contribution in [0.3, 0.4) is 0 Å². The molecule has 454 valence electrons. The monoisotopic (exact) mass is 1110 g/mol. The Hall–Kier alpha value is -2.32. The summed E-state index contributed by atoms with van der Waals surface area (Å²) in [6, 6.07) is -0.872. The summed E-state index contributed by atoms with van der Waals surface area (Å²) in [5.74, 6) is -0.190. The molecule has 0 aliphatic rings. The third-order valence-corrected chi connectivity index (χ3v) is 15.6. The van der Waals surface area contributed by atoms with E-state index in [1.54, 1.807) is 6.08 Å². The summed E-state index contributed by atoms with van der Waals surface area (Å²) >= 11 is 0. The van der Waals surface area contributed by atoms with Crippen LogP contribution in [0.1, 0.15) is 296 Å². The molecular formula is C69H128N2O6P+. The normalized spacial score (nSPS) is 14.3. The van der Waals surface area contributed by atoms with Crippen LogP contribution in [0.2, 0.25) is 0 Å². The number of phosphoric ester groups is 1. The number of aliphatic hydroxyl groups is 1. The fourth-order valence-electron chi connectivity index (χ4n) is 9.50. The molecule has 3 unspecified atom stereocenters. The summed E-state index contributed by atoms with van der Waals surface area (Å²) in [6.07, 6.45) is 84.3. The Morgan fingerprint density at radius 3 is 1.18 bits per heavy atom. The van der Waals surface area contributed by atoms with Gasteiger partial charge in [0.2, 0.25) is 5.91 Å². The molecule has 0 saturated carbocycles. The van der Waals surface area contributed by atoms with Crippen LogP contribution in [-0.2, 0) is 18.4 Å². The molecule has 0 aromatic heterocycles. The molecule has 0 bridgehead atoms. The Kier molecular flexibility index (Phi) is 57.5. The maximum atomic E-state index is 13.0. The van der Waals surface area contributed by atoms with Crippen molar-refractivity contribution in [2.24, 2.45) is 0 Å². The highest BCUT2D eigenvalue weighted by Gasteiger charge is 2.27. The highest BCUT2D eigenvalue weighted by molar-refractivity contribution is 7.47. The van der Waals surface area contributed by atoms with E-state index in [0.717, 1.165) is 70.6 Å². The fourth-order valence-corrected chi connectivity index (χ4v) is 10.2. The van der Waals surface area contributed by atoms with Gasteiger partial charge < -0.3 is 19.8 Å². The number of nitrogens with one attached hydrogen (secondary N) is 1. The first-order chi connectivity index (χ1) is 38.0. The van der Waals surface area contributed by atoms with Gasteiger partial charge in [-0.05, 0) is 77.0 Å². The number of unbranched alkanes of at least 4 members (excludes halogenated alkanes) is 35. The van der Waals surface area contributed by atoms with Crippen molar-refractivity contribution in [2.75, 3.05) is 40.9 Å². The Balaban J connectivity index is 4.17. The molecule has 0 aromatic carbocycles. The van der Waals surface area contributed by atoms with Crippen LogP contribution in [0.15, 0.2) is 85.1 Å². The van der Waals surface area contributed by atoms with E-state index in [1.165, 1.54) is 205 Å². The average Bonchev–Trinajstić information content (AvgIpc) is 3.41. The number of carbonyl (C=O) groups excluding carboxylic acids is 1. The lowest BCUT2D eigenvalue weighted by Crippen LogP contribution is -2.45. The molecule has 0 radical (unpaired) electrons. The van der Waals surface area contributed by atoms with Gasteiger partial charge in [0.1, 0.15) is 13.2 Å². The van der Waals surface area contributed by atoms with E-state index in [2.05, 4.69) is 92.1 Å². The number of carbonyl (C=O) groups is 1. The number of amides is 1. The summed E-state index contributed by atoms with van der Waals surface area (Å²) in [7, 11) is 1.55. The van der Waals surface area contributed by atoms with Gasteiger partial charge in [-0.1, -0.05) is 298 Å². The van der Waals surface area contributed by atoms with Gasteiger partial charge in [0.05, 0.1) is 39.9 Å². The van der Waals surface area contributed by atoms with Crippen molar-refractivity contribution in [3.8, 4) is 0 Å². The first-order valence-corrected chi connectivity index (χ1v) is 34.5. The van der Waals surface area contributed by atoms with Gasteiger partial charge in [0.15, 0.2) is 0 Å². The van der Waals surface area contributed by atoms with E-state index >= 15 is 0 Å². The quantitative estimate of drug-likeness (QED) is 0.0243. The number of allylic oxidation sites excluding steroid dienone is 13. The molecule has 0 aliphatic carbocycles. The highest BCUT2D eigenvalue weighted by Crippen LogP contribution is 2.43. The van der Waals surface area contributed by atoms with Gasteiger partial charge in [0.25, 0.3) is 0 Å². The van der Waals surface area contributed by atoms with Crippen molar-refractivity contribution in [3.05, 3.63) is 85.1 Å². The molecule has 0 rings (SSSR count). The first kappa shape index (κ1) is 75.7. The number of hydrogen-bond acceptors (Lipinski definition) is 5. The molecule has 0 saturated heterocycles. The zero-order valence-corrected chi connectivity index (χ0v) is 52.8. The minimum atomic E-state index is -4.37. The van der Waals surface area contributed by atoms with Gasteiger partial charge in [-0.2, -0.15) is 0 Å². The molecule has 1 amide bonds. The Morgan fingerprint density at radius 2 is 0.782 bits per heavy atom. The average molecular weight is 1110 g/mol. The summed E-state index contributed by atoms with van der Waals surface area (Å²) in [5.41, 5.74) is 0. The van der Waals surface area contributed by atoms with E-state index in [9.17, 15) is 19.4 Å². The van der Waals surface area contributed by atoms with E-state index in [0.29, 0.717) is 17.4 Å². The van der Waals surface area contributed by atoms with E-state index in [-0.39, 0.29) is 19.1 Å². The van der Waals surface area contributed by atoms with Gasteiger partial charge in [0, 0.05) is 6.42 Å². The minimum absolute atomic E-state index is 0.0525. The first-order valence-electron chi connectivity index (χ1n) is 33.0. The summed E-state index contributed by atoms with van der Waals surface area (Å²) in [5, 5.41) is 14.0. The molecule has 0 fully saturated rings. The van der Waals surface area contributed by atoms with E-state index in [4.69, 9.17) is 9.05 Å². The predicted molar refractivity (Wildman–Crippen MR) is 341 cm³/mol. The number of hydrogen-bond donors (Lipinski definition) is 3. The maximum Gasteiger partial charge on any atom is 0.472 e. The second-order valence-corrected chi connectivity index (χ2v) is 24.9. The molecule has 78 heavy (non-hydrogen) atoms. The number of quaternary nitrogens is 1. The Morgan fingerprint density at radius 1 is 0.449 bits per heavy atom. The second kappa shape index (κ2) is 59.3. The number of nitrogens with zero attached hydrogens (tertiary/aromatic N) is 1. The largest absolute Gasteiger partial charge is 0.472 e. The Bertz CT molecular complexity index is 1550. The zero-order chi connectivity index (χ0) is 57.0. The smallest absolute Gasteiger partial charge is 0.387 e. The zero-order valence-electron chi connectivity index (χ0n) is 51.9. The third kappa shape index (κ3) is 61.3. The third-order valence-electron chi connectivity index (χ3n) is 14.6. The summed E-state index contributed by atoms with van der Waals surface area (Å²) in [4.78, 5) is 23.4. The van der Waals surface area contributed by atoms with Crippen LogP contribution in [0.5, 0.6) is 0 Å². The highest BCUT2D eigenvalue weighted by atomic mass is 31.2. The number of aliphatic hydroxyl groups excluding tert-OH is 1. The second-order valence-electron chi connectivity index (χ2n) is 23.5. The van der Waals surface area contributed by atoms with Crippen LogP contribution >= 0.6 is 7.82 Å². The van der Waals surface area contributed by atoms with Crippen molar-refractivity contribution >= 4 is 13.7 Å². The number of rotatable bonds is 60. The molecule has 0 heterocycles.